The summed E-state index contributed by atoms with van der Waals surface area (Å²) in [6, 6.07) is 0. The molecule has 3 nitrogen and oxygen atoms in total. The first kappa shape index (κ1) is 11.8. The average Bonchev–Trinajstić information content (AvgIpc) is 2.51. The molecule has 0 spiro atoms. The van der Waals surface area contributed by atoms with Crippen LogP contribution in [0.15, 0.2) is 23.5 Å². The van der Waals surface area contributed by atoms with Crippen molar-refractivity contribution in [2.24, 2.45) is 0 Å². The normalized spacial score (nSPS) is 22.3. The Bertz CT molecular complexity index is 285. The van der Waals surface area contributed by atoms with Crippen molar-refractivity contribution in [2.45, 2.75) is 39.7 Å². The zero-order chi connectivity index (χ0) is 11.3. The maximum Gasteiger partial charge on any atom is 0.334 e. The smallest absolute Gasteiger partial charge is 0.334 e. The van der Waals surface area contributed by atoms with Gasteiger partial charge < -0.3 is 9.47 Å². The Morgan fingerprint density at radius 2 is 2.33 bits per heavy atom. The van der Waals surface area contributed by atoms with Crippen LogP contribution in [0.3, 0.4) is 0 Å². The number of hydrogen-bond acceptors (Lipinski definition) is 3. The predicted octanol–water partition coefficient (Wildman–Crippen LogP) is 2.58. The van der Waals surface area contributed by atoms with Gasteiger partial charge >= 0.3 is 5.97 Å². The highest BCUT2D eigenvalue weighted by Gasteiger charge is 2.19. The first-order valence-electron chi connectivity index (χ1n) is 5.31. The minimum Gasteiger partial charge on any atom is -0.490 e. The van der Waals surface area contributed by atoms with Crippen LogP contribution in [0.4, 0.5) is 0 Å². The van der Waals surface area contributed by atoms with Crippen LogP contribution >= 0.6 is 0 Å². The van der Waals surface area contributed by atoms with Crippen LogP contribution in [0, 0.1) is 0 Å². The molecule has 1 heterocycles. The van der Waals surface area contributed by atoms with Crippen molar-refractivity contribution in [3.05, 3.63) is 23.5 Å². The summed E-state index contributed by atoms with van der Waals surface area (Å²) in [7, 11) is 0. The van der Waals surface area contributed by atoms with Crippen LogP contribution < -0.4 is 0 Å². The third-order valence-corrected chi connectivity index (χ3v) is 2.06. The van der Waals surface area contributed by atoms with Crippen molar-refractivity contribution < 1.29 is 14.3 Å². The van der Waals surface area contributed by atoms with E-state index in [9.17, 15) is 4.79 Å². The van der Waals surface area contributed by atoms with Gasteiger partial charge in [-0.25, -0.2) is 4.79 Å². The maximum atomic E-state index is 11.1. The standard InChI is InChI=1S/C12H18O3/c1-4-14-12(13)8-11-6-5-10(15-11)7-9(2)3/h7-8,10H,4-6H2,1-3H3/b11-8+. The topological polar surface area (TPSA) is 35.5 Å². The van der Waals surface area contributed by atoms with Gasteiger partial charge in [-0.1, -0.05) is 5.57 Å². The summed E-state index contributed by atoms with van der Waals surface area (Å²) in [6.07, 6.45) is 5.40. The van der Waals surface area contributed by atoms with E-state index in [0.717, 1.165) is 18.6 Å². The molecule has 1 saturated heterocycles. The third kappa shape index (κ3) is 4.19. The molecule has 0 aliphatic carbocycles. The second-order valence-electron chi connectivity index (χ2n) is 3.80. The summed E-state index contributed by atoms with van der Waals surface area (Å²) >= 11 is 0. The molecule has 1 atom stereocenters. The molecule has 1 aliphatic rings. The maximum absolute atomic E-state index is 11.1. The first-order valence-corrected chi connectivity index (χ1v) is 5.31. The van der Waals surface area contributed by atoms with E-state index in [4.69, 9.17) is 9.47 Å². The van der Waals surface area contributed by atoms with Crippen LogP contribution in [-0.4, -0.2) is 18.7 Å². The molecule has 15 heavy (non-hydrogen) atoms. The monoisotopic (exact) mass is 210 g/mol. The fourth-order valence-electron chi connectivity index (χ4n) is 1.51. The molecule has 1 unspecified atom stereocenters. The summed E-state index contributed by atoms with van der Waals surface area (Å²) < 4.78 is 10.4. The van der Waals surface area contributed by atoms with E-state index in [-0.39, 0.29) is 12.1 Å². The molecule has 0 amide bonds. The molecule has 0 radical (unpaired) electrons. The lowest BCUT2D eigenvalue weighted by atomic mass is 10.2. The van der Waals surface area contributed by atoms with Crippen molar-refractivity contribution in [1.82, 2.24) is 0 Å². The van der Waals surface area contributed by atoms with Gasteiger partial charge in [0.15, 0.2) is 0 Å². The Labute approximate surface area is 90.8 Å². The van der Waals surface area contributed by atoms with Crippen molar-refractivity contribution in [3.8, 4) is 0 Å². The summed E-state index contributed by atoms with van der Waals surface area (Å²) in [5.41, 5.74) is 1.23. The van der Waals surface area contributed by atoms with Gasteiger partial charge in [0.25, 0.3) is 0 Å². The van der Waals surface area contributed by atoms with E-state index in [1.165, 1.54) is 11.6 Å². The van der Waals surface area contributed by atoms with Gasteiger partial charge in [0.2, 0.25) is 0 Å². The molecule has 0 aromatic heterocycles. The molecule has 0 N–H and O–H groups in total. The van der Waals surface area contributed by atoms with Gasteiger partial charge in [0, 0.05) is 6.42 Å². The lowest BCUT2D eigenvalue weighted by Crippen LogP contribution is -2.03. The van der Waals surface area contributed by atoms with Crippen LogP contribution in [-0.2, 0) is 14.3 Å². The van der Waals surface area contributed by atoms with E-state index in [2.05, 4.69) is 6.08 Å². The van der Waals surface area contributed by atoms with Crippen molar-refractivity contribution in [3.63, 3.8) is 0 Å². The number of esters is 1. The van der Waals surface area contributed by atoms with Gasteiger partial charge in [-0.2, -0.15) is 0 Å². The second-order valence-corrected chi connectivity index (χ2v) is 3.80. The van der Waals surface area contributed by atoms with E-state index >= 15 is 0 Å². The van der Waals surface area contributed by atoms with E-state index in [1.807, 2.05) is 13.8 Å². The summed E-state index contributed by atoms with van der Waals surface area (Å²) in [6.45, 7) is 6.27. The highest BCUT2D eigenvalue weighted by molar-refractivity contribution is 5.82. The molecule has 1 fully saturated rings. The summed E-state index contributed by atoms with van der Waals surface area (Å²) in [5, 5.41) is 0. The number of rotatable bonds is 3. The quantitative estimate of drug-likeness (QED) is 0.408. The molecule has 0 saturated carbocycles. The zero-order valence-electron chi connectivity index (χ0n) is 9.58. The Balaban J connectivity index is 2.48. The number of ether oxygens (including phenoxy) is 2. The highest BCUT2D eigenvalue weighted by atomic mass is 16.5. The molecule has 3 heteroatoms. The molecular formula is C12H18O3. The van der Waals surface area contributed by atoms with E-state index < -0.39 is 0 Å². The van der Waals surface area contributed by atoms with Crippen molar-refractivity contribution in [1.29, 1.82) is 0 Å². The largest absolute Gasteiger partial charge is 0.490 e. The van der Waals surface area contributed by atoms with Crippen molar-refractivity contribution in [2.75, 3.05) is 6.61 Å². The average molecular weight is 210 g/mol. The second kappa shape index (κ2) is 5.59. The van der Waals surface area contributed by atoms with Crippen LogP contribution in [0.1, 0.15) is 33.6 Å². The summed E-state index contributed by atoms with van der Waals surface area (Å²) in [5.74, 6) is 0.418. The van der Waals surface area contributed by atoms with E-state index in [1.54, 1.807) is 6.92 Å². The molecule has 1 rings (SSSR count). The number of hydrogen-bond donors (Lipinski definition) is 0. The van der Waals surface area contributed by atoms with E-state index in [0.29, 0.717) is 6.61 Å². The number of carbonyl (C=O) groups excluding carboxylic acids is 1. The lowest BCUT2D eigenvalue weighted by molar-refractivity contribution is -0.137. The van der Waals surface area contributed by atoms with Crippen LogP contribution in [0.2, 0.25) is 0 Å². The van der Waals surface area contributed by atoms with Gasteiger partial charge in [0.1, 0.15) is 11.9 Å². The van der Waals surface area contributed by atoms with Gasteiger partial charge in [-0.3, -0.25) is 0 Å². The highest BCUT2D eigenvalue weighted by Crippen LogP contribution is 2.24. The Kier molecular flexibility index (Phi) is 4.40. The molecule has 0 bridgehead atoms. The van der Waals surface area contributed by atoms with Crippen molar-refractivity contribution >= 4 is 5.97 Å². The van der Waals surface area contributed by atoms with Gasteiger partial charge in [0.05, 0.1) is 12.7 Å². The Morgan fingerprint density at radius 3 is 2.93 bits per heavy atom. The molecule has 0 aromatic carbocycles. The molecule has 1 aliphatic heterocycles. The van der Waals surface area contributed by atoms with Crippen LogP contribution in [0.5, 0.6) is 0 Å². The number of allylic oxidation sites excluding steroid dienone is 2. The number of carbonyl (C=O) groups is 1. The van der Waals surface area contributed by atoms with Gasteiger partial charge in [-0.15, -0.1) is 0 Å². The van der Waals surface area contributed by atoms with Crippen LogP contribution in [0.25, 0.3) is 0 Å². The Morgan fingerprint density at radius 1 is 1.60 bits per heavy atom. The predicted molar refractivity (Wildman–Crippen MR) is 58.3 cm³/mol. The molecule has 0 aromatic rings. The first-order chi connectivity index (χ1) is 7.11. The van der Waals surface area contributed by atoms with Gasteiger partial charge in [-0.05, 0) is 33.3 Å². The SMILES string of the molecule is CCOC(=O)/C=C1\CCC(C=C(C)C)O1. The third-order valence-electron chi connectivity index (χ3n) is 2.06. The Hall–Kier alpha value is -1.25. The molecule has 84 valence electrons. The molecular weight excluding hydrogens is 192 g/mol. The lowest BCUT2D eigenvalue weighted by Gasteiger charge is -2.05. The fraction of sp³-hybridized carbons (Fsp3) is 0.583. The summed E-state index contributed by atoms with van der Waals surface area (Å²) in [4.78, 5) is 11.1. The minimum atomic E-state index is -0.314. The zero-order valence-corrected chi connectivity index (χ0v) is 9.58. The fourth-order valence-corrected chi connectivity index (χ4v) is 1.51. The minimum absolute atomic E-state index is 0.121.